The molecule has 1 amide bonds. The van der Waals surface area contributed by atoms with E-state index in [2.05, 4.69) is 10.3 Å². The molecule has 33 heavy (non-hydrogen) atoms. The first-order valence-corrected chi connectivity index (χ1v) is 10.4. The van der Waals surface area contributed by atoms with Gasteiger partial charge in [-0.15, -0.1) is 0 Å². The number of Topliss-reactive ketones (excluding diaryl/α,β-unsaturated/α-hetero) is 1. The summed E-state index contributed by atoms with van der Waals surface area (Å²) in [5.41, 5.74) is 2.61. The third kappa shape index (κ3) is 7.74. The number of hydrogen-bond acceptors (Lipinski definition) is 6. The Kier molecular flexibility index (Phi) is 8.48. The number of ether oxygens (including phenoxy) is 2. The molecule has 0 bridgehead atoms. The van der Waals surface area contributed by atoms with Gasteiger partial charge >= 0.3 is 5.97 Å². The van der Waals surface area contributed by atoms with E-state index in [1.54, 1.807) is 55.6 Å². The largest absolute Gasteiger partial charge is 0.487 e. The average Bonchev–Trinajstić information content (AvgIpc) is 2.86. The van der Waals surface area contributed by atoms with Crippen LogP contribution < -0.4 is 10.1 Å². The zero-order valence-corrected chi connectivity index (χ0v) is 18.2. The van der Waals surface area contributed by atoms with Gasteiger partial charge in [-0.05, 0) is 60.2 Å². The normalized spacial score (nSPS) is 10.6. The SMILES string of the molecule is CCC(=O)Nc1ccc(C(=O)COC(=O)C=Cc2ccc(OCc3ccccn3)cc2)cc1. The van der Waals surface area contributed by atoms with Crippen LogP contribution >= 0.6 is 0 Å². The lowest BCUT2D eigenvalue weighted by molar-refractivity contribution is -0.136. The summed E-state index contributed by atoms with van der Waals surface area (Å²) in [4.78, 5) is 39.7. The van der Waals surface area contributed by atoms with Crippen LogP contribution in [0, 0.1) is 0 Å². The van der Waals surface area contributed by atoms with Crippen molar-refractivity contribution in [3.05, 3.63) is 95.8 Å². The number of amides is 1. The van der Waals surface area contributed by atoms with Crippen molar-refractivity contribution in [1.82, 2.24) is 4.98 Å². The van der Waals surface area contributed by atoms with Crippen LogP contribution in [-0.2, 0) is 20.9 Å². The molecule has 0 fully saturated rings. The van der Waals surface area contributed by atoms with Crippen molar-refractivity contribution in [2.75, 3.05) is 11.9 Å². The van der Waals surface area contributed by atoms with Crippen LogP contribution in [0.2, 0.25) is 0 Å². The molecule has 168 valence electrons. The van der Waals surface area contributed by atoms with Gasteiger partial charge in [-0.2, -0.15) is 0 Å². The zero-order valence-electron chi connectivity index (χ0n) is 18.2. The van der Waals surface area contributed by atoms with Gasteiger partial charge in [-0.1, -0.05) is 25.1 Å². The fourth-order valence-electron chi connectivity index (χ4n) is 2.74. The van der Waals surface area contributed by atoms with Gasteiger partial charge in [0.05, 0.1) is 5.69 Å². The molecule has 3 aromatic rings. The van der Waals surface area contributed by atoms with Crippen molar-refractivity contribution >= 4 is 29.4 Å². The monoisotopic (exact) mass is 444 g/mol. The Morgan fingerprint density at radius 2 is 1.73 bits per heavy atom. The van der Waals surface area contributed by atoms with Crippen molar-refractivity contribution in [2.24, 2.45) is 0 Å². The minimum atomic E-state index is -0.620. The fraction of sp³-hybridized carbons (Fsp3) is 0.154. The molecule has 1 aromatic heterocycles. The Morgan fingerprint density at radius 1 is 0.970 bits per heavy atom. The number of pyridine rings is 1. The molecule has 0 atom stereocenters. The number of carbonyl (C=O) groups is 3. The fourth-order valence-corrected chi connectivity index (χ4v) is 2.74. The first-order valence-electron chi connectivity index (χ1n) is 10.4. The number of aromatic nitrogens is 1. The van der Waals surface area contributed by atoms with E-state index >= 15 is 0 Å². The van der Waals surface area contributed by atoms with Gasteiger partial charge in [0.1, 0.15) is 12.4 Å². The highest BCUT2D eigenvalue weighted by molar-refractivity contribution is 5.99. The summed E-state index contributed by atoms with van der Waals surface area (Å²) < 4.78 is 10.7. The summed E-state index contributed by atoms with van der Waals surface area (Å²) >= 11 is 0. The molecule has 0 aliphatic rings. The molecule has 7 heteroatoms. The molecule has 0 unspecified atom stereocenters. The summed E-state index contributed by atoms with van der Waals surface area (Å²) in [6.45, 7) is 1.75. The van der Waals surface area contributed by atoms with E-state index in [1.165, 1.54) is 6.08 Å². The van der Waals surface area contributed by atoms with Crippen LogP contribution in [-0.4, -0.2) is 29.3 Å². The van der Waals surface area contributed by atoms with E-state index in [9.17, 15) is 14.4 Å². The number of ketones is 1. The predicted octanol–water partition coefficient (Wildman–Crippen LogP) is 4.45. The van der Waals surface area contributed by atoms with E-state index in [0.717, 1.165) is 11.3 Å². The number of nitrogens with one attached hydrogen (secondary N) is 1. The molecule has 7 nitrogen and oxygen atoms in total. The summed E-state index contributed by atoms with van der Waals surface area (Å²) in [5.74, 6) is -0.377. The van der Waals surface area contributed by atoms with Gasteiger partial charge in [-0.25, -0.2) is 4.79 Å². The van der Waals surface area contributed by atoms with E-state index in [1.807, 2.05) is 30.3 Å². The van der Waals surface area contributed by atoms with E-state index < -0.39 is 5.97 Å². The number of hydrogen-bond donors (Lipinski definition) is 1. The second-order valence-corrected chi connectivity index (χ2v) is 7.02. The molecule has 2 aromatic carbocycles. The maximum absolute atomic E-state index is 12.2. The Hall–Kier alpha value is -4.26. The Balaban J connectivity index is 1.43. The maximum atomic E-state index is 12.2. The number of rotatable bonds is 10. The van der Waals surface area contributed by atoms with Crippen molar-refractivity contribution in [2.45, 2.75) is 20.0 Å². The van der Waals surface area contributed by atoms with Crippen LogP contribution in [0.4, 0.5) is 5.69 Å². The standard InChI is InChI=1S/C26H24N2O5/c1-2-25(30)28-21-11-9-20(10-12-21)24(29)18-33-26(31)15-8-19-6-13-23(14-7-19)32-17-22-5-3-4-16-27-22/h3-16H,2,17-18H2,1H3,(H,28,30). The number of nitrogens with zero attached hydrogens (tertiary/aromatic N) is 1. The Morgan fingerprint density at radius 3 is 2.39 bits per heavy atom. The number of benzene rings is 2. The first-order chi connectivity index (χ1) is 16.0. The Bertz CT molecular complexity index is 1110. The van der Waals surface area contributed by atoms with Crippen LogP contribution in [0.5, 0.6) is 5.75 Å². The third-order valence-corrected chi connectivity index (χ3v) is 4.56. The van der Waals surface area contributed by atoms with Crippen molar-refractivity contribution in [3.63, 3.8) is 0 Å². The predicted molar refractivity (Wildman–Crippen MR) is 125 cm³/mol. The summed E-state index contributed by atoms with van der Waals surface area (Å²) in [6.07, 6.45) is 4.94. The molecule has 0 saturated heterocycles. The minimum absolute atomic E-state index is 0.110. The van der Waals surface area contributed by atoms with Gasteiger partial charge in [0.2, 0.25) is 5.91 Å². The molecule has 0 radical (unpaired) electrons. The molecule has 1 N–H and O–H groups in total. The molecular weight excluding hydrogens is 420 g/mol. The lowest BCUT2D eigenvalue weighted by Crippen LogP contribution is -2.13. The quantitative estimate of drug-likeness (QED) is 0.282. The molecule has 0 spiro atoms. The van der Waals surface area contributed by atoms with Crippen LogP contribution in [0.3, 0.4) is 0 Å². The number of anilines is 1. The maximum Gasteiger partial charge on any atom is 0.331 e. The van der Waals surface area contributed by atoms with Gasteiger partial charge in [0.25, 0.3) is 0 Å². The molecule has 0 saturated carbocycles. The molecule has 0 aliphatic heterocycles. The average molecular weight is 444 g/mol. The highest BCUT2D eigenvalue weighted by atomic mass is 16.5. The van der Waals surface area contributed by atoms with Gasteiger partial charge < -0.3 is 14.8 Å². The lowest BCUT2D eigenvalue weighted by Gasteiger charge is -2.06. The van der Waals surface area contributed by atoms with Crippen molar-refractivity contribution < 1.29 is 23.9 Å². The second kappa shape index (κ2) is 12.0. The number of carbonyl (C=O) groups excluding carboxylic acids is 3. The summed E-state index contributed by atoms with van der Waals surface area (Å²) in [7, 11) is 0. The van der Waals surface area contributed by atoms with Crippen molar-refractivity contribution in [3.8, 4) is 5.75 Å². The molecule has 0 aliphatic carbocycles. The third-order valence-electron chi connectivity index (χ3n) is 4.56. The zero-order chi connectivity index (χ0) is 23.5. The molecule has 1 heterocycles. The minimum Gasteiger partial charge on any atom is -0.487 e. The van der Waals surface area contributed by atoms with Gasteiger partial charge in [0, 0.05) is 29.9 Å². The Labute approximate surface area is 192 Å². The highest BCUT2D eigenvalue weighted by Gasteiger charge is 2.09. The summed E-state index contributed by atoms with van der Waals surface area (Å²) in [5, 5.41) is 2.70. The van der Waals surface area contributed by atoms with Crippen LogP contribution in [0.25, 0.3) is 6.08 Å². The van der Waals surface area contributed by atoms with E-state index in [0.29, 0.717) is 30.0 Å². The molecular formula is C26H24N2O5. The summed E-state index contributed by atoms with van der Waals surface area (Å²) in [6, 6.07) is 19.3. The molecule has 3 rings (SSSR count). The second-order valence-electron chi connectivity index (χ2n) is 7.02. The van der Waals surface area contributed by atoms with Crippen LogP contribution in [0.15, 0.2) is 79.0 Å². The van der Waals surface area contributed by atoms with Crippen LogP contribution in [0.1, 0.15) is 35.0 Å². The topological polar surface area (TPSA) is 94.6 Å². The van der Waals surface area contributed by atoms with Gasteiger partial charge in [0.15, 0.2) is 12.4 Å². The smallest absolute Gasteiger partial charge is 0.331 e. The number of esters is 1. The van der Waals surface area contributed by atoms with Crippen molar-refractivity contribution in [1.29, 1.82) is 0 Å². The van der Waals surface area contributed by atoms with E-state index in [4.69, 9.17) is 9.47 Å². The van der Waals surface area contributed by atoms with E-state index in [-0.39, 0.29) is 18.3 Å². The highest BCUT2D eigenvalue weighted by Crippen LogP contribution is 2.15. The lowest BCUT2D eigenvalue weighted by atomic mass is 10.1. The van der Waals surface area contributed by atoms with Gasteiger partial charge in [-0.3, -0.25) is 14.6 Å². The first kappa shape index (κ1) is 23.4.